The molecule has 19 heavy (non-hydrogen) atoms. The normalized spacial score (nSPS) is 22.4. The molecular formula is C14H21N3O2. The number of hydrogen-bond donors (Lipinski definition) is 4. The Labute approximate surface area is 113 Å². The minimum absolute atomic E-state index is 0.252. The molecule has 1 fully saturated rings. The Hall–Kier alpha value is -1.75. The van der Waals surface area contributed by atoms with Gasteiger partial charge in [-0.3, -0.25) is 4.79 Å². The van der Waals surface area contributed by atoms with Gasteiger partial charge in [-0.05, 0) is 42.9 Å². The second-order valence-electron chi connectivity index (χ2n) is 5.18. The molecule has 1 aromatic carbocycles. The zero-order chi connectivity index (χ0) is 13.8. The number of rotatable bonds is 5. The van der Waals surface area contributed by atoms with E-state index in [1.807, 2.05) is 0 Å². The molecule has 2 unspecified atom stereocenters. The molecule has 1 aromatic rings. The Morgan fingerprint density at radius 3 is 2.74 bits per heavy atom. The van der Waals surface area contributed by atoms with Gasteiger partial charge in [0.15, 0.2) is 0 Å². The second-order valence-corrected chi connectivity index (χ2v) is 5.18. The highest BCUT2D eigenvalue weighted by atomic mass is 16.3. The van der Waals surface area contributed by atoms with Crippen LogP contribution in [0.2, 0.25) is 0 Å². The monoisotopic (exact) mass is 263 g/mol. The quantitative estimate of drug-likeness (QED) is 0.599. The zero-order valence-electron chi connectivity index (χ0n) is 10.9. The van der Waals surface area contributed by atoms with Crippen molar-refractivity contribution < 1.29 is 9.90 Å². The van der Waals surface area contributed by atoms with Gasteiger partial charge in [-0.2, -0.15) is 0 Å². The van der Waals surface area contributed by atoms with Crippen LogP contribution < -0.4 is 16.8 Å². The summed E-state index contributed by atoms with van der Waals surface area (Å²) in [7, 11) is 0. The summed E-state index contributed by atoms with van der Waals surface area (Å²) in [4.78, 5) is 11.0. The number of primary amides is 1. The summed E-state index contributed by atoms with van der Waals surface area (Å²) < 4.78 is 0. The van der Waals surface area contributed by atoms with Crippen molar-refractivity contribution in [3.05, 3.63) is 23.8 Å². The van der Waals surface area contributed by atoms with Crippen LogP contribution in [-0.2, 0) is 0 Å². The SMILES string of the molecule is NC(=O)c1ccc(NCC2CCCC2CO)c(N)c1. The average Bonchev–Trinajstić information content (AvgIpc) is 2.84. The van der Waals surface area contributed by atoms with Gasteiger partial charge in [-0.1, -0.05) is 6.42 Å². The molecule has 0 saturated heterocycles. The highest BCUT2D eigenvalue weighted by molar-refractivity contribution is 5.94. The third-order valence-electron chi connectivity index (χ3n) is 3.94. The molecule has 104 valence electrons. The molecule has 2 atom stereocenters. The summed E-state index contributed by atoms with van der Waals surface area (Å²) >= 11 is 0. The van der Waals surface area contributed by atoms with Gasteiger partial charge in [0.2, 0.25) is 5.91 Å². The van der Waals surface area contributed by atoms with Crippen molar-refractivity contribution in [2.45, 2.75) is 19.3 Å². The average molecular weight is 263 g/mol. The van der Waals surface area contributed by atoms with E-state index < -0.39 is 5.91 Å². The first kappa shape index (κ1) is 13.7. The van der Waals surface area contributed by atoms with Crippen molar-refractivity contribution in [3.8, 4) is 0 Å². The number of carbonyl (C=O) groups excluding carboxylic acids is 1. The molecule has 0 aliphatic heterocycles. The lowest BCUT2D eigenvalue weighted by Gasteiger charge is -2.19. The third kappa shape index (κ3) is 3.17. The van der Waals surface area contributed by atoms with Crippen molar-refractivity contribution in [1.82, 2.24) is 0 Å². The van der Waals surface area contributed by atoms with E-state index in [0.717, 1.165) is 25.1 Å². The predicted octanol–water partition coefficient (Wildman–Crippen LogP) is 1.19. The van der Waals surface area contributed by atoms with E-state index in [4.69, 9.17) is 11.5 Å². The molecule has 0 radical (unpaired) electrons. The van der Waals surface area contributed by atoms with E-state index in [0.29, 0.717) is 23.1 Å². The molecular weight excluding hydrogens is 242 g/mol. The van der Waals surface area contributed by atoms with Crippen molar-refractivity contribution in [2.24, 2.45) is 17.6 Å². The number of amides is 1. The van der Waals surface area contributed by atoms with Gasteiger partial charge in [0.1, 0.15) is 0 Å². The van der Waals surface area contributed by atoms with Gasteiger partial charge in [-0.15, -0.1) is 0 Å². The molecule has 0 bridgehead atoms. The van der Waals surface area contributed by atoms with Crippen LogP contribution in [-0.4, -0.2) is 24.2 Å². The molecule has 1 amide bonds. The van der Waals surface area contributed by atoms with Crippen LogP contribution in [0.5, 0.6) is 0 Å². The lowest BCUT2D eigenvalue weighted by molar-refractivity contribution is 0.100. The molecule has 0 aromatic heterocycles. The molecule has 5 nitrogen and oxygen atoms in total. The molecule has 0 spiro atoms. The van der Waals surface area contributed by atoms with Crippen LogP contribution in [0.4, 0.5) is 11.4 Å². The molecule has 5 heteroatoms. The number of benzene rings is 1. The summed E-state index contributed by atoms with van der Waals surface area (Å²) in [6.45, 7) is 1.05. The van der Waals surface area contributed by atoms with Crippen LogP contribution in [0.15, 0.2) is 18.2 Å². The molecule has 1 aliphatic rings. The predicted molar refractivity (Wildman–Crippen MR) is 75.8 cm³/mol. The van der Waals surface area contributed by atoms with Gasteiger partial charge in [0, 0.05) is 18.7 Å². The number of anilines is 2. The largest absolute Gasteiger partial charge is 0.397 e. The van der Waals surface area contributed by atoms with Crippen molar-refractivity contribution >= 4 is 17.3 Å². The van der Waals surface area contributed by atoms with Gasteiger partial charge in [0.25, 0.3) is 0 Å². The number of aliphatic hydroxyl groups excluding tert-OH is 1. The first-order valence-corrected chi connectivity index (χ1v) is 6.66. The van der Waals surface area contributed by atoms with E-state index >= 15 is 0 Å². The number of hydrogen-bond acceptors (Lipinski definition) is 4. The Bertz CT molecular complexity index is 462. The summed E-state index contributed by atoms with van der Waals surface area (Å²) in [5.74, 6) is 0.397. The fraction of sp³-hybridized carbons (Fsp3) is 0.500. The number of nitrogens with two attached hydrogens (primary N) is 2. The van der Waals surface area contributed by atoms with Crippen LogP contribution in [0, 0.1) is 11.8 Å². The number of nitrogen functional groups attached to an aromatic ring is 1. The fourth-order valence-corrected chi connectivity index (χ4v) is 2.74. The van der Waals surface area contributed by atoms with Crippen molar-refractivity contribution in [3.63, 3.8) is 0 Å². The van der Waals surface area contributed by atoms with E-state index in [-0.39, 0.29) is 6.61 Å². The van der Waals surface area contributed by atoms with E-state index in [1.165, 1.54) is 6.42 Å². The fourth-order valence-electron chi connectivity index (χ4n) is 2.74. The highest BCUT2D eigenvalue weighted by Gasteiger charge is 2.26. The maximum absolute atomic E-state index is 11.0. The third-order valence-corrected chi connectivity index (χ3v) is 3.94. The Balaban J connectivity index is 1.98. The van der Waals surface area contributed by atoms with E-state index in [2.05, 4.69) is 5.32 Å². The zero-order valence-corrected chi connectivity index (χ0v) is 10.9. The van der Waals surface area contributed by atoms with E-state index in [9.17, 15) is 9.90 Å². The summed E-state index contributed by atoms with van der Waals surface area (Å²) in [5.41, 5.74) is 12.8. The highest BCUT2D eigenvalue weighted by Crippen LogP contribution is 2.32. The lowest BCUT2D eigenvalue weighted by Crippen LogP contribution is -2.21. The minimum Gasteiger partial charge on any atom is -0.397 e. The smallest absolute Gasteiger partial charge is 0.248 e. The van der Waals surface area contributed by atoms with Gasteiger partial charge in [-0.25, -0.2) is 0 Å². The maximum Gasteiger partial charge on any atom is 0.248 e. The summed E-state index contributed by atoms with van der Waals surface area (Å²) in [6, 6.07) is 5.03. The number of nitrogens with one attached hydrogen (secondary N) is 1. The molecule has 1 saturated carbocycles. The number of aliphatic hydroxyl groups is 1. The van der Waals surface area contributed by atoms with Crippen molar-refractivity contribution in [2.75, 3.05) is 24.2 Å². The lowest BCUT2D eigenvalue weighted by atomic mass is 9.97. The Morgan fingerprint density at radius 2 is 2.11 bits per heavy atom. The van der Waals surface area contributed by atoms with Crippen LogP contribution in [0.1, 0.15) is 29.6 Å². The molecule has 6 N–H and O–H groups in total. The van der Waals surface area contributed by atoms with Gasteiger partial charge >= 0.3 is 0 Å². The standard InChI is InChI=1S/C14H21N3O2/c15-12-6-9(14(16)19)4-5-13(12)17-7-10-2-1-3-11(10)8-18/h4-6,10-11,17-18H,1-3,7-8,15H2,(H2,16,19). The van der Waals surface area contributed by atoms with Gasteiger partial charge in [0.05, 0.1) is 11.4 Å². The van der Waals surface area contributed by atoms with Crippen LogP contribution >= 0.6 is 0 Å². The van der Waals surface area contributed by atoms with Gasteiger partial charge < -0.3 is 21.9 Å². The Morgan fingerprint density at radius 1 is 1.37 bits per heavy atom. The van der Waals surface area contributed by atoms with Crippen LogP contribution in [0.3, 0.4) is 0 Å². The molecule has 1 aliphatic carbocycles. The number of carbonyl (C=O) groups is 1. The van der Waals surface area contributed by atoms with E-state index in [1.54, 1.807) is 18.2 Å². The molecule has 0 heterocycles. The summed E-state index contributed by atoms with van der Waals surface area (Å²) in [6.07, 6.45) is 3.41. The summed E-state index contributed by atoms with van der Waals surface area (Å²) in [5, 5.41) is 12.6. The topological polar surface area (TPSA) is 101 Å². The first-order valence-electron chi connectivity index (χ1n) is 6.66. The second kappa shape index (κ2) is 5.93. The maximum atomic E-state index is 11.0. The molecule has 2 rings (SSSR count). The van der Waals surface area contributed by atoms with Crippen molar-refractivity contribution in [1.29, 1.82) is 0 Å². The minimum atomic E-state index is -0.477. The first-order chi connectivity index (χ1) is 9.11. The van der Waals surface area contributed by atoms with Crippen LogP contribution in [0.25, 0.3) is 0 Å². The Kier molecular flexibility index (Phi) is 4.27.